The minimum absolute atomic E-state index is 0.0805. The zero-order valence-corrected chi connectivity index (χ0v) is 44.6. The van der Waals surface area contributed by atoms with E-state index in [1.165, 1.54) is 39.3 Å². The van der Waals surface area contributed by atoms with Gasteiger partial charge in [0.15, 0.2) is 5.52 Å². The minimum Gasteiger partial charge on any atom is -0.493 e. The molecule has 0 unspecified atom stereocenters. The number of anilines is 1. The van der Waals surface area contributed by atoms with E-state index in [0.29, 0.717) is 97.5 Å². The molecule has 5 heterocycles. The van der Waals surface area contributed by atoms with Gasteiger partial charge in [-0.15, -0.1) is 0 Å². The first kappa shape index (κ1) is 57.0. The van der Waals surface area contributed by atoms with Gasteiger partial charge in [-0.1, -0.05) is 26.7 Å². The average molecular weight is 1060 g/mol. The number of amides is 1. The molecule has 394 valence electrons. The lowest BCUT2D eigenvalue weighted by Crippen LogP contribution is -2.52. The Morgan fingerprint density at radius 1 is 0.889 bits per heavy atom. The fourth-order valence-corrected chi connectivity index (χ4v) is 9.91. The number of nitrogens with zero attached hydrogens (tertiary/aromatic N) is 5. The molecule has 1 amide bonds. The van der Waals surface area contributed by atoms with E-state index in [1.54, 1.807) is 27.1 Å². The molecule has 22 nitrogen and oxygen atoms in total. The van der Waals surface area contributed by atoms with Crippen molar-refractivity contribution >= 4 is 58.3 Å². The summed E-state index contributed by atoms with van der Waals surface area (Å²) in [5, 5.41) is 21.4. The van der Waals surface area contributed by atoms with Crippen molar-refractivity contribution in [2.45, 2.75) is 89.5 Å². The zero-order chi connectivity index (χ0) is 53.1. The second-order valence-electron chi connectivity index (χ2n) is 18.0. The number of aryl methyl sites for hydroxylation is 2. The number of carbonyl (C=O) groups is 1. The minimum atomic E-state index is -3.95. The number of ether oxygens (including phenoxy) is 3. The molecule has 2 fully saturated rings. The van der Waals surface area contributed by atoms with Gasteiger partial charge in [0.05, 0.1) is 45.5 Å². The third-order valence-electron chi connectivity index (χ3n) is 11.2. The van der Waals surface area contributed by atoms with Crippen LogP contribution in [0.15, 0.2) is 55.8 Å². The standard InChI is InChI=1S/C21H30N6O4S.C17H19ClN4O4S.C9H18N2O2/c1-4-6-16(23)18-19(24-3)21(28)26-20(25-18)15-9-14(7-8-17(15)31-5-2)32(29,30)27-11-13(10-22)12-27;1-4-6-12-14-15(22(3)21-12)17(23)20-16(19-14)11-9-10(27(18,24)25)7-8-13(11)26-5-2;1-9(2,3)13-8(12)11-6-7-4-10-5-7/h7-9,13,23-24H,4-6,10-12,22H2,1-3H3,(H,25,26,28);7-9H,4-6H2,1-3H3,(H,19,20,23);7,10H,4-6H2,1-3H3,(H,11,12). The number of fused-ring (bicyclic) bond motifs is 1. The van der Waals surface area contributed by atoms with E-state index >= 15 is 0 Å². The largest absolute Gasteiger partial charge is 0.493 e. The molecule has 0 aliphatic carbocycles. The number of rotatable bonds is 18. The van der Waals surface area contributed by atoms with Gasteiger partial charge in [0, 0.05) is 63.4 Å². The van der Waals surface area contributed by atoms with Crippen LogP contribution in [0.3, 0.4) is 0 Å². The molecule has 0 radical (unpaired) electrons. The van der Waals surface area contributed by atoms with Crippen LogP contribution >= 0.6 is 10.7 Å². The molecule has 0 bridgehead atoms. The number of nitrogens with two attached hydrogens (primary N) is 1. The number of hydrogen-bond acceptors (Lipinski definition) is 17. The number of aromatic nitrogens is 6. The number of halogens is 1. The summed E-state index contributed by atoms with van der Waals surface area (Å²) < 4.78 is 68.8. The summed E-state index contributed by atoms with van der Waals surface area (Å²) in [6, 6.07) is 8.69. The summed E-state index contributed by atoms with van der Waals surface area (Å²) >= 11 is 0. The van der Waals surface area contributed by atoms with Crippen LogP contribution in [-0.2, 0) is 37.3 Å². The Bertz CT molecular complexity index is 3070. The predicted octanol–water partition coefficient (Wildman–Crippen LogP) is 4.96. The van der Waals surface area contributed by atoms with E-state index in [2.05, 4.69) is 41.0 Å². The Morgan fingerprint density at radius 2 is 1.47 bits per heavy atom. The predicted molar refractivity (Wildman–Crippen MR) is 277 cm³/mol. The molecule has 8 N–H and O–H groups in total. The highest BCUT2D eigenvalue weighted by Crippen LogP contribution is 2.35. The average Bonchev–Trinajstić information content (AvgIpc) is 3.59. The first-order valence-corrected chi connectivity index (χ1v) is 27.5. The Hall–Kier alpha value is -5.92. The van der Waals surface area contributed by atoms with Gasteiger partial charge in [-0.05, 0) is 96.3 Å². The van der Waals surface area contributed by atoms with Gasteiger partial charge in [0.25, 0.3) is 20.2 Å². The van der Waals surface area contributed by atoms with Crippen LogP contribution in [0.25, 0.3) is 33.8 Å². The third kappa shape index (κ3) is 14.2. The molecule has 2 aliphatic rings. The SMILES string of the molecule is CC(C)(C)OC(=O)NCC1CNC1.CCCC(=N)c1nc(-c2cc(S(=O)(=O)N3CC(CN)C3)ccc2OCC)[nH]c(=O)c1NC.CCCc1nn(C)c2c(=O)[nH]c(-c3cc(S(=O)(=O)Cl)ccc3OCC)nc12. The summed E-state index contributed by atoms with van der Waals surface area (Å²) in [5.74, 6) is 1.86. The summed E-state index contributed by atoms with van der Waals surface area (Å²) in [7, 11) is 1.08. The van der Waals surface area contributed by atoms with Crippen molar-refractivity contribution in [2.75, 3.05) is 64.8 Å². The number of aromatic amines is 2. The van der Waals surface area contributed by atoms with Crippen molar-refractivity contribution in [3.05, 3.63) is 68.5 Å². The summed E-state index contributed by atoms with van der Waals surface area (Å²) in [4.78, 5) is 50.9. The number of sulfonamides is 1. The van der Waals surface area contributed by atoms with Gasteiger partial charge in [-0.3, -0.25) is 14.3 Å². The topological polar surface area (TPSA) is 312 Å². The number of carbonyl (C=O) groups excluding carboxylic acids is 1. The van der Waals surface area contributed by atoms with E-state index in [4.69, 9.17) is 36.0 Å². The lowest BCUT2D eigenvalue weighted by molar-refractivity contribution is 0.0513. The summed E-state index contributed by atoms with van der Waals surface area (Å²) in [6.45, 7) is 17.7. The van der Waals surface area contributed by atoms with Crippen molar-refractivity contribution in [1.29, 1.82) is 5.41 Å². The smallest absolute Gasteiger partial charge is 0.407 e. The molecule has 2 aliphatic heterocycles. The van der Waals surface area contributed by atoms with E-state index in [-0.39, 0.29) is 56.1 Å². The Kier molecular flexibility index (Phi) is 19.5. The molecule has 2 saturated heterocycles. The van der Waals surface area contributed by atoms with Gasteiger partial charge in [0.2, 0.25) is 10.0 Å². The second-order valence-corrected chi connectivity index (χ2v) is 22.5. The molecule has 7 rings (SSSR count). The highest BCUT2D eigenvalue weighted by atomic mass is 35.7. The van der Waals surface area contributed by atoms with Gasteiger partial charge in [0.1, 0.15) is 45.6 Å². The fraction of sp³-hybridized carbons (Fsp3) is 0.511. The first-order chi connectivity index (χ1) is 34.0. The van der Waals surface area contributed by atoms with E-state index < -0.39 is 30.2 Å². The number of benzene rings is 2. The Labute approximate surface area is 424 Å². The van der Waals surface area contributed by atoms with E-state index in [9.17, 15) is 31.2 Å². The number of alkyl carbamates (subject to hydrolysis) is 1. The Balaban J connectivity index is 0.000000217. The first-order valence-electron chi connectivity index (χ1n) is 23.7. The third-order valence-corrected chi connectivity index (χ3v) is 14.4. The molecule has 72 heavy (non-hydrogen) atoms. The lowest BCUT2D eigenvalue weighted by Gasteiger charge is -2.37. The van der Waals surface area contributed by atoms with Crippen LogP contribution in [0.2, 0.25) is 0 Å². The second kappa shape index (κ2) is 24.7. The van der Waals surface area contributed by atoms with Crippen LogP contribution in [-0.4, -0.2) is 128 Å². The number of nitrogens with one attached hydrogen (secondary N) is 6. The molecule has 25 heteroatoms. The molecule has 0 spiro atoms. The van der Waals surface area contributed by atoms with Gasteiger partial charge < -0.3 is 51.3 Å². The van der Waals surface area contributed by atoms with Crippen molar-refractivity contribution in [3.63, 3.8) is 0 Å². The van der Waals surface area contributed by atoms with Crippen LogP contribution in [0.1, 0.15) is 79.1 Å². The molecule has 3 aromatic heterocycles. The van der Waals surface area contributed by atoms with Crippen LogP contribution in [0.4, 0.5) is 10.5 Å². The van der Waals surface area contributed by atoms with Crippen molar-refractivity contribution < 1.29 is 35.8 Å². The fourth-order valence-electron chi connectivity index (χ4n) is 7.51. The summed E-state index contributed by atoms with van der Waals surface area (Å²) in [5.41, 5.74) is 7.30. The van der Waals surface area contributed by atoms with Gasteiger partial charge in [-0.25, -0.2) is 31.6 Å². The maximum Gasteiger partial charge on any atom is 0.407 e. The molecular weight excluding hydrogens is 992 g/mol. The van der Waals surface area contributed by atoms with Crippen molar-refractivity contribution in [2.24, 2.45) is 24.6 Å². The highest BCUT2D eigenvalue weighted by Gasteiger charge is 2.36. The Morgan fingerprint density at radius 3 is 1.99 bits per heavy atom. The molecule has 5 aromatic rings. The van der Waals surface area contributed by atoms with Gasteiger partial charge in [-0.2, -0.15) is 9.40 Å². The molecule has 2 aromatic carbocycles. The van der Waals surface area contributed by atoms with Gasteiger partial charge >= 0.3 is 6.09 Å². The quantitative estimate of drug-likeness (QED) is 0.0451. The highest BCUT2D eigenvalue weighted by molar-refractivity contribution is 8.13. The van der Waals surface area contributed by atoms with Crippen LogP contribution in [0, 0.1) is 17.2 Å². The number of hydrogen-bond donors (Lipinski definition) is 7. The maximum absolute atomic E-state index is 13.1. The lowest BCUT2D eigenvalue weighted by atomic mass is 10.0. The number of H-pyrrole nitrogens is 2. The van der Waals surface area contributed by atoms with E-state index in [1.807, 2.05) is 41.5 Å². The summed E-state index contributed by atoms with van der Waals surface area (Å²) in [6.07, 6.45) is 2.37. The van der Waals surface area contributed by atoms with Crippen LogP contribution in [0.5, 0.6) is 11.5 Å². The molecular formula is C47H67ClN12O10S2. The monoisotopic (exact) mass is 1060 g/mol. The van der Waals surface area contributed by atoms with Crippen molar-refractivity contribution in [1.82, 2.24) is 44.7 Å². The van der Waals surface area contributed by atoms with Crippen LogP contribution < -0.4 is 42.3 Å². The normalized spacial score (nSPS) is 14.2. The molecule has 0 saturated carbocycles. The zero-order valence-electron chi connectivity index (χ0n) is 42.2. The van der Waals surface area contributed by atoms with E-state index in [0.717, 1.165) is 25.9 Å². The molecule has 0 atom stereocenters. The maximum atomic E-state index is 13.1. The van der Waals surface area contributed by atoms with Crippen molar-refractivity contribution in [3.8, 4) is 34.3 Å².